The van der Waals surface area contributed by atoms with Gasteiger partial charge in [0.15, 0.2) is 0 Å². The SMILES string of the molecule is CS(=O)(=O)N(CC(=O)NCCCSCc1ccc(Cl)cc1)c1cccc2ccccc12. The Hall–Kier alpha value is -2.22. The van der Waals surface area contributed by atoms with Crippen LogP contribution in [0.4, 0.5) is 5.69 Å². The highest BCUT2D eigenvalue weighted by molar-refractivity contribution is 7.98. The largest absolute Gasteiger partial charge is 0.354 e. The van der Waals surface area contributed by atoms with Gasteiger partial charge in [0.1, 0.15) is 6.54 Å². The number of carbonyl (C=O) groups excluding carboxylic acids is 1. The van der Waals surface area contributed by atoms with Gasteiger partial charge in [-0.3, -0.25) is 9.10 Å². The predicted octanol–water partition coefficient (Wildman–Crippen LogP) is 4.70. The number of fused-ring (bicyclic) bond motifs is 1. The van der Waals surface area contributed by atoms with Crippen LogP contribution in [0.5, 0.6) is 0 Å². The topological polar surface area (TPSA) is 66.5 Å². The summed E-state index contributed by atoms with van der Waals surface area (Å²) >= 11 is 7.67. The number of sulfonamides is 1. The number of hydrogen-bond donors (Lipinski definition) is 1. The maximum absolute atomic E-state index is 12.5. The second-order valence-corrected chi connectivity index (χ2v) is 10.6. The molecule has 0 heterocycles. The van der Waals surface area contributed by atoms with Gasteiger partial charge in [-0.25, -0.2) is 8.42 Å². The third-order valence-corrected chi connectivity index (χ3v) is 7.19. The van der Waals surface area contributed by atoms with Crippen LogP contribution in [0.2, 0.25) is 5.02 Å². The van der Waals surface area contributed by atoms with E-state index in [1.54, 1.807) is 23.9 Å². The first kappa shape index (κ1) is 23.4. The van der Waals surface area contributed by atoms with Crippen molar-refractivity contribution in [3.63, 3.8) is 0 Å². The molecule has 0 radical (unpaired) electrons. The molecule has 1 amide bonds. The van der Waals surface area contributed by atoms with Crippen LogP contribution in [0.15, 0.2) is 66.7 Å². The molecule has 3 rings (SSSR count). The molecule has 0 unspecified atom stereocenters. The van der Waals surface area contributed by atoms with Crippen LogP contribution in [-0.4, -0.2) is 39.4 Å². The molecule has 5 nitrogen and oxygen atoms in total. The van der Waals surface area contributed by atoms with E-state index in [-0.39, 0.29) is 12.5 Å². The van der Waals surface area contributed by atoms with E-state index in [1.807, 2.05) is 54.6 Å². The number of halogens is 1. The van der Waals surface area contributed by atoms with Crippen molar-refractivity contribution < 1.29 is 13.2 Å². The van der Waals surface area contributed by atoms with Crippen LogP contribution in [0, 0.1) is 0 Å². The van der Waals surface area contributed by atoms with E-state index in [4.69, 9.17) is 11.6 Å². The first-order valence-electron chi connectivity index (χ1n) is 9.89. The number of rotatable bonds is 10. The van der Waals surface area contributed by atoms with Gasteiger partial charge in [-0.05, 0) is 41.3 Å². The lowest BCUT2D eigenvalue weighted by molar-refractivity contribution is -0.119. The molecular weight excluding hydrogens is 452 g/mol. The molecule has 0 spiro atoms. The molecule has 8 heteroatoms. The molecule has 0 fully saturated rings. The summed E-state index contributed by atoms with van der Waals surface area (Å²) in [5, 5.41) is 5.27. The van der Waals surface area contributed by atoms with Gasteiger partial charge in [0, 0.05) is 22.7 Å². The second kappa shape index (κ2) is 10.9. The highest BCUT2D eigenvalue weighted by atomic mass is 35.5. The lowest BCUT2D eigenvalue weighted by Gasteiger charge is -2.23. The monoisotopic (exact) mass is 476 g/mol. The third kappa shape index (κ3) is 6.89. The number of nitrogens with zero attached hydrogens (tertiary/aromatic N) is 1. The molecule has 0 aliphatic heterocycles. The highest BCUT2D eigenvalue weighted by Gasteiger charge is 2.22. The summed E-state index contributed by atoms with van der Waals surface area (Å²) in [5.74, 6) is 1.46. The summed E-state index contributed by atoms with van der Waals surface area (Å²) in [6.07, 6.45) is 1.92. The Morgan fingerprint density at radius 1 is 1.03 bits per heavy atom. The van der Waals surface area contributed by atoms with Crippen molar-refractivity contribution in [1.29, 1.82) is 0 Å². The van der Waals surface area contributed by atoms with Crippen LogP contribution in [-0.2, 0) is 20.6 Å². The van der Waals surface area contributed by atoms with Crippen molar-refractivity contribution in [2.45, 2.75) is 12.2 Å². The smallest absolute Gasteiger partial charge is 0.240 e. The molecule has 3 aromatic rings. The maximum Gasteiger partial charge on any atom is 0.240 e. The van der Waals surface area contributed by atoms with E-state index in [0.717, 1.165) is 40.0 Å². The minimum atomic E-state index is -3.62. The van der Waals surface area contributed by atoms with E-state index < -0.39 is 10.0 Å². The predicted molar refractivity (Wildman–Crippen MR) is 131 cm³/mol. The van der Waals surface area contributed by atoms with Crippen LogP contribution in [0.25, 0.3) is 10.8 Å². The van der Waals surface area contributed by atoms with E-state index >= 15 is 0 Å². The fourth-order valence-corrected chi connectivity index (χ4v) is 5.08. The van der Waals surface area contributed by atoms with Crippen molar-refractivity contribution in [3.05, 3.63) is 77.3 Å². The molecule has 1 N–H and O–H groups in total. The number of hydrogen-bond acceptors (Lipinski definition) is 4. The van der Waals surface area contributed by atoms with E-state index in [2.05, 4.69) is 5.32 Å². The lowest BCUT2D eigenvalue weighted by Crippen LogP contribution is -2.40. The van der Waals surface area contributed by atoms with Gasteiger partial charge in [0.2, 0.25) is 15.9 Å². The Kier molecular flexibility index (Phi) is 8.23. The zero-order valence-corrected chi connectivity index (χ0v) is 19.6. The first-order valence-corrected chi connectivity index (χ1v) is 13.3. The normalized spacial score (nSPS) is 11.4. The van der Waals surface area contributed by atoms with Crippen LogP contribution < -0.4 is 9.62 Å². The standard InChI is InChI=1S/C23H25ClN2O3S2/c1-31(28,29)26(22-9-4-7-19-6-2-3-8-21(19)22)16-23(27)25-14-5-15-30-17-18-10-12-20(24)13-11-18/h2-4,6-13H,5,14-17H2,1H3,(H,25,27). The molecule has 0 bridgehead atoms. The number of amides is 1. The van der Waals surface area contributed by atoms with E-state index in [1.165, 1.54) is 9.87 Å². The van der Waals surface area contributed by atoms with Crippen molar-refractivity contribution in [2.24, 2.45) is 0 Å². The van der Waals surface area contributed by atoms with Crippen molar-refractivity contribution in [2.75, 3.05) is 29.4 Å². The summed E-state index contributed by atoms with van der Waals surface area (Å²) in [4.78, 5) is 12.5. The average Bonchev–Trinajstić information content (AvgIpc) is 2.74. The molecule has 0 atom stereocenters. The zero-order chi connectivity index (χ0) is 22.3. The molecule has 164 valence electrons. The number of nitrogens with one attached hydrogen (secondary N) is 1. The molecule has 31 heavy (non-hydrogen) atoms. The summed E-state index contributed by atoms with van der Waals surface area (Å²) < 4.78 is 26.0. The van der Waals surface area contributed by atoms with E-state index in [0.29, 0.717) is 12.2 Å². The summed E-state index contributed by atoms with van der Waals surface area (Å²) in [7, 11) is -3.62. The number of anilines is 1. The summed E-state index contributed by atoms with van der Waals surface area (Å²) in [6, 6.07) is 20.7. The molecular formula is C23H25ClN2O3S2. The summed E-state index contributed by atoms with van der Waals surface area (Å²) in [5.41, 5.74) is 1.71. The first-order chi connectivity index (χ1) is 14.8. The molecule has 0 aliphatic carbocycles. The quantitative estimate of drug-likeness (QED) is 0.431. The second-order valence-electron chi connectivity index (χ2n) is 7.15. The van der Waals surface area contributed by atoms with Gasteiger partial charge in [-0.15, -0.1) is 0 Å². The molecule has 0 aromatic heterocycles. The Bertz CT molecular complexity index is 1130. The van der Waals surface area contributed by atoms with Gasteiger partial charge >= 0.3 is 0 Å². The number of thioether (sulfide) groups is 1. The number of benzene rings is 3. The Labute approximate surface area is 192 Å². The Morgan fingerprint density at radius 3 is 2.48 bits per heavy atom. The Balaban J connectivity index is 1.51. The van der Waals surface area contributed by atoms with E-state index in [9.17, 15) is 13.2 Å². The molecule has 0 aliphatic rings. The van der Waals surface area contributed by atoms with Crippen molar-refractivity contribution >= 4 is 55.8 Å². The van der Waals surface area contributed by atoms with Gasteiger partial charge in [-0.1, -0.05) is 60.1 Å². The fourth-order valence-electron chi connectivity index (χ4n) is 3.17. The zero-order valence-electron chi connectivity index (χ0n) is 17.3. The van der Waals surface area contributed by atoms with Crippen molar-refractivity contribution in [3.8, 4) is 0 Å². The minimum absolute atomic E-state index is 0.245. The molecule has 0 saturated carbocycles. The molecule has 0 saturated heterocycles. The highest BCUT2D eigenvalue weighted by Crippen LogP contribution is 2.28. The summed E-state index contributed by atoms with van der Waals surface area (Å²) in [6.45, 7) is 0.254. The average molecular weight is 477 g/mol. The van der Waals surface area contributed by atoms with Gasteiger partial charge in [-0.2, -0.15) is 11.8 Å². The number of carbonyl (C=O) groups is 1. The van der Waals surface area contributed by atoms with Gasteiger partial charge < -0.3 is 5.32 Å². The molecule has 3 aromatic carbocycles. The third-order valence-electron chi connectivity index (χ3n) is 4.69. The van der Waals surface area contributed by atoms with Gasteiger partial charge in [0.25, 0.3) is 0 Å². The lowest BCUT2D eigenvalue weighted by atomic mass is 10.1. The Morgan fingerprint density at radius 2 is 1.74 bits per heavy atom. The van der Waals surface area contributed by atoms with Crippen molar-refractivity contribution in [1.82, 2.24) is 5.32 Å². The van der Waals surface area contributed by atoms with Crippen LogP contribution in [0.1, 0.15) is 12.0 Å². The van der Waals surface area contributed by atoms with Gasteiger partial charge in [0.05, 0.1) is 11.9 Å². The van der Waals surface area contributed by atoms with Crippen LogP contribution >= 0.6 is 23.4 Å². The maximum atomic E-state index is 12.5. The van der Waals surface area contributed by atoms with Crippen LogP contribution in [0.3, 0.4) is 0 Å². The minimum Gasteiger partial charge on any atom is -0.354 e. The fraction of sp³-hybridized carbons (Fsp3) is 0.261.